The Hall–Kier alpha value is -1.72. The van der Waals surface area contributed by atoms with Crippen LogP contribution in [0.3, 0.4) is 0 Å². The number of thiazole rings is 1. The maximum Gasteiger partial charge on any atom is 0.267 e. The summed E-state index contributed by atoms with van der Waals surface area (Å²) < 4.78 is 1.11. The molecule has 0 aliphatic heterocycles. The Morgan fingerprint density at radius 3 is 2.91 bits per heavy atom. The summed E-state index contributed by atoms with van der Waals surface area (Å²) in [4.78, 5) is 19.2. The van der Waals surface area contributed by atoms with E-state index in [0.29, 0.717) is 5.13 Å². The molecular weight excluding hydrogens is 324 g/mol. The fraction of sp³-hybridized carbons (Fsp3) is 0.333. The summed E-state index contributed by atoms with van der Waals surface area (Å²) in [6.07, 6.45) is 6.01. The maximum absolute atomic E-state index is 12.5. The number of hydrogen-bond donors (Lipinski definition) is 1. The Balaban J connectivity index is 1.56. The molecule has 2 aromatic heterocycles. The highest BCUT2D eigenvalue weighted by Crippen LogP contribution is 2.31. The van der Waals surface area contributed by atoms with Gasteiger partial charge in [0.15, 0.2) is 5.13 Å². The third-order valence-corrected chi connectivity index (χ3v) is 6.40. The number of aryl methyl sites for hydroxylation is 3. The van der Waals surface area contributed by atoms with E-state index in [4.69, 9.17) is 0 Å². The fourth-order valence-corrected chi connectivity index (χ4v) is 5.13. The summed E-state index contributed by atoms with van der Waals surface area (Å²) in [5.41, 5.74) is 3.52. The molecule has 0 fully saturated rings. The minimum Gasteiger partial charge on any atom is -0.297 e. The van der Waals surface area contributed by atoms with E-state index in [1.807, 2.05) is 12.1 Å². The lowest BCUT2D eigenvalue weighted by atomic mass is 10.1. The van der Waals surface area contributed by atoms with Gasteiger partial charge in [0.25, 0.3) is 5.91 Å². The largest absolute Gasteiger partial charge is 0.297 e. The van der Waals surface area contributed by atoms with E-state index < -0.39 is 0 Å². The van der Waals surface area contributed by atoms with Crippen LogP contribution >= 0.6 is 22.7 Å². The maximum atomic E-state index is 12.5. The molecule has 0 atom stereocenters. The summed E-state index contributed by atoms with van der Waals surface area (Å²) in [6, 6.07) is 8.24. The molecule has 2 heterocycles. The van der Waals surface area contributed by atoms with Crippen molar-refractivity contribution in [3.63, 3.8) is 0 Å². The SMILES string of the molecule is Cc1ccc2nc(NC(=O)c3cc4c(s3)CCCCC4)sc2c1. The lowest BCUT2D eigenvalue weighted by molar-refractivity contribution is 0.103. The van der Waals surface area contributed by atoms with Crippen LogP contribution in [-0.4, -0.2) is 10.9 Å². The third-order valence-electron chi connectivity index (χ3n) is 4.23. The average Bonchev–Trinajstić information content (AvgIpc) is 3.04. The van der Waals surface area contributed by atoms with Crippen LogP contribution in [0, 0.1) is 6.92 Å². The number of thiophene rings is 1. The second-order valence-electron chi connectivity index (χ2n) is 6.06. The Morgan fingerprint density at radius 1 is 1.13 bits per heavy atom. The van der Waals surface area contributed by atoms with Crippen molar-refractivity contribution in [2.24, 2.45) is 0 Å². The predicted molar refractivity (Wildman–Crippen MR) is 97.9 cm³/mol. The van der Waals surface area contributed by atoms with Crippen LogP contribution < -0.4 is 5.32 Å². The quantitative estimate of drug-likeness (QED) is 0.651. The number of nitrogens with zero attached hydrogens (tertiary/aromatic N) is 1. The topological polar surface area (TPSA) is 42.0 Å². The molecule has 1 aliphatic rings. The van der Waals surface area contributed by atoms with Crippen LogP contribution in [0.5, 0.6) is 0 Å². The van der Waals surface area contributed by atoms with Crippen molar-refractivity contribution in [1.29, 1.82) is 0 Å². The molecule has 1 N–H and O–H groups in total. The van der Waals surface area contributed by atoms with E-state index in [0.717, 1.165) is 27.9 Å². The number of nitrogens with one attached hydrogen (secondary N) is 1. The summed E-state index contributed by atoms with van der Waals surface area (Å²) in [5, 5.41) is 3.65. The first-order chi connectivity index (χ1) is 11.2. The van der Waals surface area contributed by atoms with Crippen molar-refractivity contribution in [2.45, 2.75) is 39.0 Å². The van der Waals surface area contributed by atoms with Gasteiger partial charge in [-0.3, -0.25) is 10.1 Å². The predicted octanol–water partition coefficient (Wildman–Crippen LogP) is 5.19. The summed E-state index contributed by atoms with van der Waals surface area (Å²) in [5.74, 6) is -0.0288. The fourth-order valence-electron chi connectivity index (χ4n) is 3.02. The number of fused-ring (bicyclic) bond motifs is 2. The standard InChI is InChI=1S/C18H18N2OS2/c1-11-7-8-13-15(9-11)23-18(19-13)20-17(21)16-10-12-5-3-2-4-6-14(12)22-16/h7-10H,2-6H2,1H3,(H,19,20,21). The first kappa shape index (κ1) is 14.8. The van der Waals surface area contributed by atoms with Crippen LogP contribution in [0.2, 0.25) is 0 Å². The number of aromatic nitrogens is 1. The smallest absolute Gasteiger partial charge is 0.267 e. The molecule has 3 aromatic rings. The molecular formula is C18H18N2OS2. The van der Waals surface area contributed by atoms with Gasteiger partial charge in [0.2, 0.25) is 0 Å². The van der Waals surface area contributed by atoms with Gasteiger partial charge in [0, 0.05) is 4.88 Å². The number of carbonyl (C=O) groups excluding carboxylic acids is 1. The molecule has 0 unspecified atom stereocenters. The van der Waals surface area contributed by atoms with Gasteiger partial charge in [-0.05, 0) is 61.9 Å². The molecule has 1 amide bonds. The number of amides is 1. The first-order valence-corrected chi connectivity index (χ1v) is 9.62. The van der Waals surface area contributed by atoms with Crippen molar-refractivity contribution >= 4 is 43.9 Å². The number of anilines is 1. The number of carbonyl (C=O) groups is 1. The number of benzene rings is 1. The molecule has 0 radical (unpaired) electrons. The summed E-state index contributed by atoms with van der Waals surface area (Å²) in [6.45, 7) is 2.07. The normalized spacial score (nSPS) is 14.5. The van der Waals surface area contributed by atoms with E-state index in [1.165, 1.54) is 46.6 Å². The second kappa shape index (κ2) is 6.06. The Labute approximate surface area is 143 Å². The van der Waals surface area contributed by atoms with Crippen molar-refractivity contribution in [3.8, 4) is 0 Å². The Bertz CT molecular complexity index is 855. The van der Waals surface area contributed by atoms with Crippen LogP contribution in [0.15, 0.2) is 24.3 Å². The van der Waals surface area contributed by atoms with Gasteiger partial charge in [0.1, 0.15) is 0 Å². The van der Waals surface area contributed by atoms with Crippen LogP contribution in [-0.2, 0) is 12.8 Å². The molecule has 5 heteroatoms. The van der Waals surface area contributed by atoms with Gasteiger partial charge in [-0.2, -0.15) is 0 Å². The third kappa shape index (κ3) is 3.03. The van der Waals surface area contributed by atoms with E-state index in [1.54, 1.807) is 11.3 Å². The van der Waals surface area contributed by atoms with Crippen LogP contribution in [0.1, 0.15) is 44.9 Å². The molecule has 1 aromatic carbocycles. The molecule has 118 valence electrons. The van der Waals surface area contributed by atoms with Gasteiger partial charge >= 0.3 is 0 Å². The first-order valence-electron chi connectivity index (χ1n) is 7.99. The van der Waals surface area contributed by atoms with Gasteiger partial charge in [-0.15, -0.1) is 11.3 Å². The lowest BCUT2D eigenvalue weighted by Crippen LogP contribution is -2.09. The van der Waals surface area contributed by atoms with E-state index in [2.05, 4.69) is 29.4 Å². The molecule has 0 bridgehead atoms. The highest BCUT2D eigenvalue weighted by Gasteiger charge is 2.17. The minimum absolute atomic E-state index is 0.0288. The molecule has 4 rings (SSSR count). The van der Waals surface area contributed by atoms with Crippen molar-refractivity contribution in [3.05, 3.63) is 45.1 Å². The zero-order valence-corrected chi connectivity index (χ0v) is 14.6. The van der Waals surface area contributed by atoms with Crippen molar-refractivity contribution < 1.29 is 4.79 Å². The van der Waals surface area contributed by atoms with Crippen molar-refractivity contribution in [1.82, 2.24) is 4.98 Å². The minimum atomic E-state index is -0.0288. The zero-order valence-electron chi connectivity index (χ0n) is 13.0. The second-order valence-corrected chi connectivity index (χ2v) is 8.23. The van der Waals surface area contributed by atoms with E-state index >= 15 is 0 Å². The molecule has 0 spiro atoms. The Morgan fingerprint density at radius 2 is 2.00 bits per heavy atom. The Kier molecular flexibility index (Phi) is 3.91. The van der Waals surface area contributed by atoms with Crippen LogP contribution in [0.25, 0.3) is 10.2 Å². The van der Waals surface area contributed by atoms with Gasteiger partial charge in [0.05, 0.1) is 15.1 Å². The van der Waals surface area contributed by atoms with Gasteiger partial charge < -0.3 is 0 Å². The van der Waals surface area contributed by atoms with Gasteiger partial charge in [-0.1, -0.05) is 23.8 Å². The highest BCUT2D eigenvalue weighted by molar-refractivity contribution is 7.22. The lowest BCUT2D eigenvalue weighted by Gasteiger charge is -1.98. The summed E-state index contributed by atoms with van der Waals surface area (Å²) in [7, 11) is 0. The highest BCUT2D eigenvalue weighted by atomic mass is 32.1. The molecule has 0 saturated heterocycles. The van der Waals surface area contributed by atoms with Crippen molar-refractivity contribution in [2.75, 3.05) is 5.32 Å². The average molecular weight is 342 g/mol. The number of hydrogen-bond acceptors (Lipinski definition) is 4. The molecule has 1 aliphatic carbocycles. The molecule has 0 saturated carbocycles. The zero-order chi connectivity index (χ0) is 15.8. The van der Waals surface area contributed by atoms with Crippen LogP contribution in [0.4, 0.5) is 5.13 Å². The number of rotatable bonds is 2. The monoisotopic (exact) mass is 342 g/mol. The van der Waals surface area contributed by atoms with E-state index in [-0.39, 0.29) is 5.91 Å². The molecule has 23 heavy (non-hydrogen) atoms. The molecule has 3 nitrogen and oxygen atoms in total. The summed E-state index contributed by atoms with van der Waals surface area (Å²) >= 11 is 3.18. The van der Waals surface area contributed by atoms with Gasteiger partial charge in [-0.25, -0.2) is 4.98 Å². The van der Waals surface area contributed by atoms with E-state index in [9.17, 15) is 4.79 Å².